The molecule has 22 heavy (non-hydrogen) atoms. The first-order valence-corrected chi connectivity index (χ1v) is 7.82. The highest BCUT2D eigenvalue weighted by Gasteiger charge is 2.30. The average Bonchev–Trinajstić information content (AvgIpc) is 2.43. The molecule has 0 aromatic heterocycles. The highest BCUT2D eigenvalue weighted by Crippen LogP contribution is 2.40. The van der Waals surface area contributed by atoms with E-state index in [-0.39, 0.29) is 11.5 Å². The van der Waals surface area contributed by atoms with Crippen LogP contribution in [0.5, 0.6) is 0 Å². The lowest BCUT2D eigenvalue weighted by Gasteiger charge is -2.35. The Kier molecular flexibility index (Phi) is 6.76. The van der Waals surface area contributed by atoms with E-state index in [9.17, 15) is 9.90 Å². The first-order chi connectivity index (χ1) is 10.3. The Morgan fingerprint density at radius 1 is 1.18 bits per heavy atom. The zero-order chi connectivity index (χ0) is 16.8. The molecule has 1 N–H and O–H groups in total. The molecule has 0 bridgehead atoms. The van der Waals surface area contributed by atoms with Crippen LogP contribution in [-0.4, -0.2) is 17.5 Å². The molecule has 0 saturated heterocycles. The van der Waals surface area contributed by atoms with E-state index in [0.29, 0.717) is 0 Å². The third-order valence-corrected chi connectivity index (χ3v) is 4.26. The van der Waals surface area contributed by atoms with Gasteiger partial charge in [-0.3, -0.25) is 4.79 Å². The van der Waals surface area contributed by atoms with E-state index >= 15 is 0 Å². The molecule has 120 valence electrons. The first kappa shape index (κ1) is 18.4. The molecule has 0 saturated carbocycles. The quantitative estimate of drug-likeness (QED) is 0.454. The van der Waals surface area contributed by atoms with Crippen LogP contribution in [0, 0.1) is 5.41 Å². The monoisotopic (exact) mass is 300 g/mol. The van der Waals surface area contributed by atoms with E-state index < -0.39 is 0 Å². The number of carbonyl (C=O) groups excluding carboxylic acids is 1. The summed E-state index contributed by atoms with van der Waals surface area (Å²) in [6.07, 6.45) is 13.9. The number of carbonyl (C=O) groups is 1. The Balaban J connectivity index is 2.88. The van der Waals surface area contributed by atoms with E-state index in [1.165, 1.54) is 11.6 Å². The zero-order valence-corrected chi connectivity index (χ0v) is 14.4. The highest BCUT2D eigenvalue weighted by molar-refractivity contribution is 5.66. The summed E-state index contributed by atoms with van der Waals surface area (Å²) < 4.78 is 0. The molecule has 0 spiro atoms. The van der Waals surface area contributed by atoms with Crippen LogP contribution in [0.15, 0.2) is 58.7 Å². The largest absolute Gasteiger partial charge is 0.389 e. The van der Waals surface area contributed by atoms with Crippen LogP contribution in [0.3, 0.4) is 0 Å². The molecule has 2 heteroatoms. The van der Waals surface area contributed by atoms with E-state index in [4.69, 9.17) is 0 Å². The van der Waals surface area contributed by atoms with Crippen molar-refractivity contribution in [2.24, 2.45) is 5.41 Å². The van der Waals surface area contributed by atoms with Gasteiger partial charge >= 0.3 is 0 Å². The Hall–Kier alpha value is -1.67. The number of aldehydes is 1. The van der Waals surface area contributed by atoms with Crippen molar-refractivity contribution in [2.75, 3.05) is 0 Å². The molecular weight excluding hydrogens is 272 g/mol. The van der Waals surface area contributed by atoms with Crippen molar-refractivity contribution < 1.29 is 9.90 Å². The average molecular weight is 300 g/mol. The SMILES string of the molecule is CC1=C(/C=C/C(C)=C\C=C\C(C)=C\C=O)C(C)(C)CCC1O. The fourth-order valence-electron chi connectivity index (χ4n) is 2.70. The minimum Gasteiger partial charge on any atom is -0.389 e. The normalized spacial score (nSPS) is 23.6. The summed E-state index contributed by atoms with van der Waals surface area (Å²) in [6, 6.07) is 0. The summed E-state index contributed by atoms with van der Waals surface area (Å²) in [5, 5.41) is 10.0. The van der Waals surface area contributed by atoms with Crippen LogP contribution >= 0.6 is 0 Å². The summed E-state index contributed by atoms with van der Waals surface area (Å²) in [6.45, 7) is 10.4. The van der Waals surface area contributed by atoms with Gasteiger partial charge in [-0.1, -0.05) is 49.8 Å². The fraction of sp³-hybridized carbons (Fsp3) is 0.450. The molecule has 0 radical (unpaired) electrons. The van der Waals surface area contributed by atoms with Crippen LogP contribution in [0.4, 0.5) is 0 Å². The molecule has 1 unspecified atom stereocenters. The predicted molar refractivity (Wildman–Crippen MR) is 93.6 cm³/mol. The van der Waals surface area contributed by atoms with Crippen LogP contribution in [-0.2, 0) is 4.79 Å². The van der Waals surface area contributed by atoms with Crippen molar-refractivity contribution in [1.82, 2.24) is 0 Å². The molecule has 0 aromatic rings. The van der Waals surface area contributed by atoms with Gasteiger partial charge in [0.1, 0.15) is 6.29 Å². The summed E-state index contributed by atoms with van der Waals surface area (Å²) in [5.41, 5.74) is 4.49. The predicted octanol–water partition coefficient (Wildman–Crippen LogP) is 4.69. The lowest BCUT2D eigenvalue weighted by Crippen LogP contribution is -2.27. The van der Waals surface area contributed by atoms with Crippen molar-refractivity contribution >= 4 is 6.29 Å². The number of hydrogen-bond acceptors (Lipinski definition) is 2. The van der Waals surface area contributed by atoms with Gasteiger partial charge in [-0.05, 0) is 61.8 Å². The summed E-state index contributed by atoms with van der Waals surface area (Å²) in [5.74, 6) is 0. The minimum absolute atomic E-state index is 0.110. The maximum atomic E-state index is 10.3. The van der Waals surface area contributed by atoms with Crippen molar-refractivity contribution in [1.29, 1.82) is 0 Å². The maximum Gasteiger partial charge on any atom is 0.143 e. The molecule has 1 atom stereocenters. The minimum atomic E-state index is -0.312. The van der Waals surface area contributed by atoms with E-state index in [0.717, 1.165) is 35.8 Å². The van der Waals surface area contributed by atoms with Gasteiger partial charge in [0.2, 0.25) is 0 Å². The topological polar surface area (TPSA) is 37.3 Å². The molecule has 0 aromatic carbocycles. The second-order valence-corrected chi connectivity index (χ2v) is 6.68. The summed E-state index contributed by atoms with van der Waals surface area (Å²) in [4.78, 5) is 10.3. The Morgan fingerprint density at radius 3 is 2.45 bits per heavy atom. The molecule has 0 heterocycles. The number of aliphatic hydroxyl groups is 1. The fourth-order valence-corrected chi connectivity index (χ4v) is 2.70. The lowest BCUT2D eigenvalue weighted by atomic mass is 9.71. The highest BCUT2D eigenvalue weighted by atomic mass is 16.3. The Morgan fingerprint density at radius 2 is 1.82 bits per heavy atom. The van der Waals surface area contributed by atoms with Crippen LogP contribution in [0.1, 0.15) is 47.5 Å². The second kappa shape index (κ2) is 8.09. The third kappa shape index (κ3) is 5.27. The van der Waals surface area contributed by atoms with Crippen LogP contribution in [0.2, 0.25) is 0 Å². The van der Waals surface area contributed by atoms with Crippen molar-refractivity contribution in [3.8, 4) is 0 Å². The van der Waals surface area contributed by atoms with Gasteiger partial charge in [-0.15, -0.1) is 0 Å². The maximum absolute atomic E-state index is 10.3. The smallest absolute Gasteiger partial charge is 0.143 e. The second-order valence-electron chi connectivity index (χ2n) is 6.68. The van der Waals surface area contributed by atoms with E-state index in [1.807, 2.05) is 39.0 Å². The van der Waals surface area contributed by atoms with Gasteiger partial charge in [0.25, 0.3) is 0 Å². The molecule has 2 nitrogen and oxygen atoms in total. The Bertz CT molecular complexity index is 554. The molecule has 0 aliphatic heterocycles. The van der Waals surface area contributed by atoms with Gasteiger partial charge in [0, 0.05) is 0 Å². The number of allylic oxidation sites excluding steroid dienone is 9. The van der Waals surface area contributed by atoms with E-state index in [1.54, 1.807) is 0 Å². The van der Waals surface area contributed by atoms with Gasteiger partial charge in [-0.2, -0.15) is 0 Å². The number of aliphatic hydroxyl groups excluding tert-OH is 1. The first-order valence-electron chi connectivity index (χ1n) is 7.82. The molecule has 0 fully saturated rings. The number of hydrogen-bond donors (Lipinski definition) is 1. The van der Waals surface area contributed by atoms with Gasteiger partial charge in [-0.25, -0.2) is 0 Å². The molecule has 0 amide bonds. The standard InChI is InChI=1S/C20H28O2/c1-15(7-6-8-16(2)12-14-21)9-10-18-17(3)19(22)11-13-20(18,4)5/h6-10,12,14,19,22H,11,13H2,1-5H3/b8-6+,10-9+,15-7-,16-12+. The molecule has 1 rings (SSSR count). The molecular formula is C20H28O2. The molecule has 1 aliphatic carbocycles. The van der Waals surface area contributed by atoms with Crippen LogP contribution in [0.25, 0.3) is 0 Å². The zero-order valence-electron chi connectivity index (χ0n) is 14.4. The van der Waals surface area contributed by atoms with Crippen molar-refractivity contribution in [3.63, 3.8) is 0 Å². The van der Waals surface area contributed by atoms with Crippen molar-refractivity contribution in [3.05, 3.63) is 58.7 Å². The van der Waals surface area contributed by atoms with Crippen LogP contribution < -0.4 is 0 Å². The summed E-state index contributed by atoms with van der Waals surface area (Å²) >= 11 is 0. The van der Waals surface area contributed by atoms with E-state index in [2.05, 4.69) is 26.0 Å². The van der Waals surface area contributed by atoms with Gasteiger partial charge in [0.05, 0.1) is 6.10 Å². The van der Waals surface area contributed by atoms with Gasteiger partial charge in [0.15, 0.2) is 0 Å². The van der Waals surface area contributed by atoms with Gasteiger partial charge < -0.3 is 5.11 Å². The summed E-state index contributed by atoms with van der Waals surface area (Å²) in [7, 11) is 0. The van der Waals surface area contributed by atoms with Crippen molar-refractivity contribution in [2.45, 2.75) is 53.6 Å². The third-order valence-electron chi connectivity index (χ3n) is 4.26. The number of rotatable bonds is 5. The lowest BCUT2D eigenvalue weighted by molar-refractivity contribution is -0.104. The Labute approximate surface area is 134 Å². The molecule has 1 aliphatic rings.